The van der Waals surface area contributed by atoms with Crippen molar-refractivity contribution in [3.8, 4) is 0 Å². The molecule has 0 spiro atoms. The molecule has 0 radical (unpaired) electrons. The molecule has 1 amide bonds. The zero-order valence-corrected chi connectivity index (χ0v) is 17.7. The molecule has 3 aromatic carbocycles. The SMILES string of the molecule is CCCN(C(=O)c1ccc2ccccc2c1)c1c(N)n(Cc2ccccc2)c(=O)[nH]c1=O. The van der Waals surface area contributed by atoms with Gasteiger partial charge in [0.2, 0.25) is 0 Å². The molecule has 1 heterocycles. The summed E-state index contributed by atoms with van der Waals surface area (Å²) in [7, 11) is 0. The highest BCUT2D eigenvalue weighted by molar-refractivity contribution is 6.09. The molecule has 0 saturated carbocycles. The van der Waals surface area contributed by atoms with Crippen LogP contribution in [0.3, 0.4) is 0 Å². The Morgan fingerprint density at radius 2 is 1.66 bits per heavy atom. The van der Waals surface area contributed by atoms with Crippen LogP contribution in [0.4, 0.5) is 11.5 Å². The predicted molar refractivity (Wildman–Crippen MR) is 127 cm³/mol. The van der Waals surface area contributed by atoms with Crippen molar-refractivity contribution in [2.45, 2.75) is 19.9 Å². The van der Waals surface area contributed by atoms with Gasteiger partial charge in [-0.3, -0.25) is 19.1 Å². The maximum Gasteiger partial charge on any atom is 0.330 e. The molecular weight excluding hydrogens is 404 g/mol. The quantitative estimate of drug-likeness (QED) is 0.492. The van der Waals surface area contributed by atoms with Gasteiger partial charge in [-0.05, 0) is 34.9 Å². The largest absolute Gasteiger partial charge is 0.383 e. The van der Waals surface area contributed by atoms with Crippen LogP contribution in [-0.4, -0.2) is 22.0 Å². The van der Waals surface area contributed by atoms with Crippen molar-refractivity contribution in [2.24, 2.45) is 0 Å². The van der Waals surface area contributed by atoms with Crippen LogP contribution < -0.4 is 21.9 Å². The number of aromatic nitrogens is 2. The van der Waals surface area contributed by atoms with E-state index >= 15 is 0 Å². The van der Waals surface area contributed by atoms with Gasteiger partial charge < -0.3 is 10.6 Å². The minimum Gasteiger partial charge on any atom is -0.383 e. The van der Waals surface area contributed by atoms with Crippen molar-refractivity contribution in [1.82, 2.24) is 9.55 Å². The van der Waals surface area contributed by atoms with Crippen molar-refractivity contribution in [3.05, 3.63) is 105 Å². The summed E-state index contributed by atoms with van der Waals surface area (Å²) in [5.41, 5.74) is 6.30. The van der Waals surface area contributed by atoms with Crippen LogP contribution in [0.25, 0.3) is 10.8 Å². The number of nitrogens with zero attached hydrogens (tertiary/aromatic N) is 2. The van der Waals surface area contributed by atoms with Gasteiger partial charge in [-0.25, -0.2) is 4.79 Å². The summed E-state index contributed by atoms with van der Waals surface area (Å²) in [5.74, 6) is -0.384. The topological polar surface area (TPSA) is 101 Å². The Kier molecular flexibility index (Phi) is 5.89. The Bertz CT molecular complexity index is 1390. The Morgan fingerprint density at radius 3 is 2.38 bits per heavy atom. The minimum atomic E-state index is -0.681. The van der Waals surface area contributed by atoms with E-state index in [0.717, 1.165) is 16.3 Å². The number of rotatable bonds is 6. The number of fused-ring (bicyclic) bond motifs is 1. The summed E-state index contributed by atoms with van der Waals surface area (Å²) >= 11 is 0. The number of nitrogens with two attached hydrogens (primary N) is 1. The summed E-state index contributed by atoms with van der Waals surface area (Å²) in [4.78, 5) is 42.4. The third-order valence-corrected chi connectivity index (χ3v) is 5.36. The number of hydrogen-bond donors (Lipinski definition) is 2. The first-order chi connectivity index (χ1) is 15.5. The predicted octanol–water partition coefficient (Wildman–Crippen LogP) is 3.38. The lowest BCUT2D eigenvalue weighted by atomic mass is 10.1. The molecule has 3 N–H and O–H groups in total. The normalized spacial score (nSPS) is 10.9. The summed E-state index contributed by atoms with van der Waals surface area (Å²) in [6.07, 6.45) is 0.607. The average molecular weight is 428 g/mol. The fourth-order valence-corrected chi connectivity index (χ4v) is 3.78. The summed E-state index contributed by atoms with van der Waals surface area (Å²) in [6.45, 7) is 2.37. The van der Waals surface area contributed by atoms with Crippen molar-refractivity contribution in [2.75, 3.05) is 17.2 Å². The lowest BCUT2D eigenvalue weighted by Gasteiger charge is -2.24. The van der Waals surface area contributed by atoms with E-state index in [0.29, 0.717) is 12.0 Å². The van der Waals surface area contributed by atoms with Gasteiger partial charge in [-0.15, -0.1) is 0 Å². The molecule has 7 nitrogen and oxygen atoms in total. The number of anilines is 2. The van der Waals surface area contributed by atoms with Gasteiger partial charge in [-0.2, -0.15) is 0 Å². The van der Waals surface area contributed by atoms with Crippen molar-refractivity contribution < 1.29 is 4.79 Å². The average Bonchev–Trinajstić information content (AvgIpc) is 2.81. The van der Waals surface area contributed by atoms with Crippen LogP contribution in [0.2, 0.25) is 0 Å². The highest BCUT2D eigenvalue weighted by Gasteiger charge is 2.25. The standard InChI is InChI=1S/C25H24N4O3/c1-2-14-28(24(31)20-13-12-18-10-6-7-11-19(18)15-20)21-22(26)29(25(32)27-23(21)30)16-17-8-4-3-5-9-17/h3-13,15H,2,14,16,26H2,1H3,(H,27,30,32). The molecule has 4 aromatic rings. The molecule has 7 heteroatoms. The van der Waals surface area contributed by atoms with Crippen LogP contribution in [0.5, 0.6) is 0 Å². The molecular formula is C25H24N4O3. The van der Waals surface area contributed by atoms with Gasteiger partial charge in [0, 0.05) is 12.1 Å². The second-order valence-electron chi connectivity index (χ2n) is 7.58. The minimum absolute atomic E-state index is 0.0134. The Labute approximate surface area is 184 Å². The molecule has 0 bridgehead atoms. The number of nitrogen functional groups attached to an aromatic ring is 1. The molecule has 4 rings (SSSR count). The smallest absolute Gasteiger partial charge is 0.330 e. The fourth-order valence-electron chi connectivity index (χ4n) is 3.78. The highest BCUT2D eigenvalue weighted by Crippen LogP contribution is 2.23. The van der Waals surface area contributed by atoms with E-state index < -0.39 is 11.2 Å². The van der Waals surface area contributed by atoms with E-state index in [1.54, 1.807) is 12.1 Å². The van der Waals surface area contributed by atoms with E-state index in [-0.39, 0.29) is 30.5 Å². The molecule has 0 aliphatic heterocycles. The van der Waals surface area contributed by atoms with Gasteiger partial charge >= 0.3 is 5.69 Å². The number of amides is 1. The third-order valence-electron chi connectivity index (χ3n) is 5.36. The first kappa shape index (κ1) is 21.1. The first-order valence-electron chi connectivity index (χ1n) is 10.5. The summed E-state index contributed by atoms with van der Waals surface area (Å²) < 4.78 is 1.28. The van der Waals surface area contributed by atoms with Gasteiger partial charge in [0.15, 0.2) is 5.69 Å². The molecule has 0 aliphatic rings. The van der Waals surface area contributed by atoms with E-state index in [1.165, 1.54) is 9.47 Å². The van der Waals surface area contributed by atoms with Crippen LogP contribution in [0.1, 0.15) is 29.3 Å². The van der Waals surface area contributed by atoms with E-state index in [2.05, 4.69) is 4.98 Å². The molecule has 32 heavy (non-hydrogen) atoms. The third kappa shape index (κ3) is 4.05. The van der Waals surface area contributed by atoms with Gasteiger partial charge in [0.25, 0.3) is 11.5 Å². The van der Waals surface area contributed by atoms with Crippen molar-refractivity contribution in [1.29, 1.82) is 0 Å². The molecule has 0 fully saturated rings. The van der Waals surface area contributed by atoms with Crippen molar-refractivity contribution >= 4 is 28.2 Å². The monoisotopic (exact) mass is 428 g/mol. The van der Waals surface area contributed by atoms with Gasteiger partial charge in [0.1, 0.15) is 5.82 Å². The number of benzene rings is 3. The molecule has 0 aliphatic carbocycles. The maximum absolute atomic E-state index is 13.5. The van der Waals surface area contributed by atoms with E-state index in [9.17, 15) is 14.4 Å². The van der Waals surface area contributed by atoms with Crippen LogP contribution in [0, 0.1) is 0 Å². The van der Waals surface area contributed by atoms with Crippen molar-refractivity contribution in [3.63, 3.8) is 0 Å². The number of aromatic amines is 1. The zero-order chi connectivity index (χ0) is 22.7. The van der Waals surface area contributed by atoms with Gasteiger partial charge in [0.05, 0.1) is 6.54 Å². The number of H-pyrrole nitrogens is 1. The lowest BCUT2D eigenvalue weighted by molar-refractivity contribution is 0.0986. The fraction of sp³-hybridized carbons (Fsp3) is 0.160. The Morgan fingerprint density at radius 1 is 0.969 bits per heavy atom. The highest BCUT2D eigenvalue weighted by atomic mass is 16.2. The first-order valence-corrected chi connectivity index (χ1v) is 10.5. The number of carbonyl (C=O) groups is 1. The maximum atomic E-state index is 13.5. The molecule has 0 atom stereocenters. The molecule has 162 valence electrons. The Balaban J connectivity index is 1.80. The Hall–Kier alpha value is -4.13. The summed E-state index contributed by atoms with van der Waals surface area (Å²) in [5, 5.41) is 1.94. The molecule has 0 saturated heterocycles. The summed E-state index contributed by atoms with van der Waals surface area (Å²) in [6, 6.07) is 22.4. The molecule has 0 unspecified atom stereocenters. The second kappa shape index (κ2) is 8.93. The van der Waals surface area contributed by atoms with Crippen LogP contribution >= 0.6 is 0 Å². The van der Waals surface area contributed by atoms with Crippen LogP contribution in [0.15, 0.2) is 82.4 Å². The number of hydrogen-bond acceptors (Lipinski definition) is 4. The zero-order valence-electron chi connectivity index (χ0n) is 17.7. The number of carbonyl (C=O) groups excluding carboxylic acids is 1. The second-order valence-corrected chi connectivity index (χ2v) is 7.58. The van der Waals surface area contributed by atoms with Crippen LogP contribution in [-0.2, 0) is 6.54 Å². The number of nitrogens with one attached hydrogen (secondary N) is 1. The van der Waals surface area contributed by atoms with E-state index in [4.69, 9.17) is 5.73 Å². The van der Waals surface area contributed by atoms with Gasteiger partial charge in [-0.1, -0.05) is 67.6 Å². The lowest BCUT2D eigenvalue weighted by Crippen LogP contribution is -2.41. The van der Waals surface area contributed by atoms with E-state index in [1.807, 2.05) is 67.6 Å². The molecule has 1 aromatic heterocycles.